The Labute approximate surface area is 148 Å². The maximum Gasteiger partial charge on any atom is 0.343 e. The van der Waals surface area contributed by atoms with Crippen LogP contribution in [0.1, 0.15) is 18.9 Å². The van der Waals surface area contributed by atoms with E-state index >= 15 is 0 Å². The maximum atomic E-state index is 12.4. The second kappa shape index (κ2) is 6.82. The number of benzene rings is 1. The number of urea groups is 1. The lowest BCUT2D eigenvalue weighted by Crippen LogP contribution is -2.42. The van der Waals surface area contributed by atoms with Crippen molar-refractivity contribution in [2.45, 2.75) is 18.9 Å². The monoisotopic (exact) mass is 354 g/mol. The molecule has 1 saturated heterocycles. The molecule has 1 aromatic carbocycles. The van der Waals surface area contributed by atoms with Crippen LogP contribution in [0.4, 0.5) is 10.5 Å². The van der Waals surface area contributed by atoms with E-state index in [4.69, 9.17) is 0 Å². The van der Waals surface area contributed by atoms with Gasteiger partial charge in [0.1, 0.15) is 6.33 Å². The van der Waals surface area contributed by atoms with Gasteiger partial charge in [-0.2, -0.15) is 5.10 Å². The van der Waals surface area contributed by atoms with Gasteiger partial charge in [-0.3, -0.25) is 4.57 Å². The second-order valence-electron chi connectivity index (χ2n) is 6.11. The Morgan fingerprint density at radius 3 is 2.58 bits per heavy atom. The van der Waals surface area contributed by atoms with E-state index in [2.05, 4.69) is 25.8 Å². The van der Waals surface area contributed by atoms with E-state index in [1.54, 1.807) is 26.5 Å². The molecule has 0 saturated carbocycles. The van der Waals surface area contributed by atoms with Crippen LogP contribution in [0.15, 0.2) is 47.8 Å². The van der Waals surface area contributed by atoms with Crippen molar-refractivity contribution in [2.24, 2.45) is 0 Å². The Morgan fingerprint density at radius 1 is 1.19 bits per heavy atom. The number of nitrogens with one attached hydrogen (secondary N) is 2. The van der Waals surface area contributed by atoms with E-state index < -0.39 is 0 Å². The molecule has 134 valence electrons. The van der Waals surface area contributed by atoms with Crippen LogP contribution in [0.2, 0.25) is 0 Å². The Balaban J connectivity index is 1.34. The molecule has 0 aliphatic carbocycles. The van der Waals surface area contributed by atoms with Crippen molar-refractivity contribution in [1.82, 2.24) is 34.7 Å². The van der Waals surface area contributed by atoms with Crippen LogP contribution < -0.4 is 11.0 Å². The van der Waals surface area contributed by atoms with E-state index in [9.17, 15) is 9.59 Å². The number of nitrogens with zero attached hydrogens (tertiary/aromatic N) is 6. The summed E-state index contributed by atoms with van der Waals surface area (Å²) in [7, 11) is 0. The highest BCUT2D eigenvalue weighted by molar-refractivity contribution is 5.89. The molecule has 4 rings (SSSR count). The number of likely N-dealkylation sites (tertiary alicyclic amines) is 1. The van der Waals surface area contributed by atoms with E-state index in [0.29, 0.717) is 18.8 Å². The van der Waals surface area contributed by atoms with Crippen molar-refractivity contribution >= 4 is 11.7 Å². The molecule has 0 radical (unpaired) electrons. The van der Waals surface area contributed by atoms with Crippen LogP contribution in [0.25, 0.3) is 5.69 Å². The van der Waals surface area contributed by atoms with Crippen molar-refractivity contribution < 1.29 is 4.79 Å². The molecule has 2 aromatic heterocycles. The van der Waals surface area contributed by atoms with Crippen molar-refractivity contribution in [3.8, 4) is 5.69 Å². The van der Waals surface area contributed by atoms with Gasteiger partial charge < -0.3 is 10.2 Å². The first-order valence-corrected chi connectivity index (χ1v) is 8.35. The van der Waals surface area contributed by atoms with E-state index in [0.717, 1.165) is 18.5 Å². The SMILES string of the molecule is O=C(Nc1ccc(-n2ccnn2)cc1)N1CCC(n2cn[nH]c2=O)CC1. The molecule has 0 spiro atoms. The molecule has 26 heavy (non-hydrogen) atoms. The molecule has 10 heteroatoms. The summed E-state index contributed by atoms with van der Waals surface area (Å²) < 4.78 is 3.24. The van der Waals surface area contributed by atoms with Gasteiger partial charge in [0.25, 0.3) is 0 Å². The number of carbonyl (C=O) groups is 1. The number of carbonyl (C=O) groups excluding carboxylic acids is 1. The van der Waals surface area contributed by atoms with E-state index in [1.807, 2.05) is 24.3 Å². The zero-order valence-corrected chi connectivity index (χ0v) is 13.9. The molecule has 2 N–H and O–H groups in total. The van der Waals surface area contributed by atoms with Gasteiger partial charge in [0, 0.05) is 24.8 Å². The minimum Gasteiger partial charge on any atom is -0.324 e. The molecule has 1 aliphatic heterocycles. The van der Waals surface area contributed by atoms with Crippen LogP contribution in [0.3, 0.4) is 0 Å². The summed E-state index contributed by atoms with van der Waals surface area (Å²) >= 11 is 0. The third kappa shape index (κ3) is 3.21. The first-order chi connectivity index (χ1) is 12.7. The van der Waals surface area contributed by atoms with Gasteiger partial charge in [0.05, 0.1) is 18.1 Å². The molecule has 1 aliphatic rings. The molecule has 1 fully saturated rings. The quantitative estimate of drug-likeness (QED) is 0.729. The number of piperidine rings is 1. The topological polar surface area (TPSA) is 114 Å². The van der Waals surface area contributed by atoms with Gasteiger partial charge in [0.15, 0.2) is 0 Å². The fourth-order valence-corrected chi connectivity index (χ4v) is 3.11. The molecule has 3 heterocycles. The number of hydrogen-bond acceptors (Lipinski definition) is 5. The lowest BCUT2D eigenvalue weighted by Gasteiger charge is -2.32. The first kappa shape index (κ1) is 16.1. The zero-order chi connectivity index (χ0) is 17.9. The number of amides is 2. The van der Waals surface area contributed by atoms with Crippen LogP contribution in [0.5, 0.6) is 0 Å². The Bertz CT molecular complexity index is 920. The highest BCUT2D eigenvalue weighted by Gasteiger charge is 2.24. The molecule has 0 atom stereocenters. The smallest absolute Gasteiger partial charge is 0.324 e. The normalized spacial score (nSPS) is 15.2. The highest BCUT2D eigenvalue weighted by atomic mass is 16.2. The number of aromatic nitrogens is 6. The van der Waals surface area contributed by atoms with Crippen molar-refractivity contribution in [2.75, 3.05) is 18.4 Å². The van der Waals surface area contributed by atoms with Gasteiger partial charge in [0.2, 0.25) is 0 Å². The molecular formula is C16H18N8O2. The number of anilines is 1. The van der Waals surface area contributed by atoms with Crippen molar-refractivity contribution in [3.63, 3.8) is 0 Å². The third-order valence-corrected chi connectivity index (χ3v) is 4.53. The number of rotatable bonds is 3. The summed E-state index contributed by atoms with van der Waals surface area (Å²) in [5, 5.41) is 16.8. The van der Waals surface area contributed by atoms with Crippen molar-refractivity contribution in [1.29, 1.82) is 0 Å². The van der Waals surface area contributed by atoms with Crippen LogP contribution >= 0.6 is 0 Å². The van der Waals surface area contributed by atoms with Crippen LogP contribution in [0, 0.1) is 0 Å². The molecule has 2 amide bonds. The number of hydrogen-bond donors (Lipinski definition) is 2. The Hall–Kier alpha value is -3.43. The third-order valence-electron chi connectivity index (χ3n) is 4.53. The van der Waals surface area contributed by atoms with Crippen molar-refractivity contribution in [3.05, 3.63) is 53.5 Å². The average molecular weight is 354 g/mol. The van der Waals surface area contributed by atoms with Gasteiger partial charge in [-0.1, -0.05) is 5.21 Å². The van der Waals surface area contributed by atoms with Crippen LogP contribution in [-0.2, 0) is 0 Å². The molecule has 0 bridgehead atoms. The lowest BCUT2D eigenvalue weighted by molar-refractivity contribution is 0.183. The fraction of sp³-hybridized carbons (Fsp3) is 0.312. The van der Waals surface area contributed by atoms with E-state index in [-0.39, 0.29) is 17.8 Å². The largest absolute Gasteiger partial charge is 0.343 e. The van der Waals surface area contributed by atoms with Crippen LogP contribution in [-0.4, -0.2) is 53.8 Å². The van der Waals surface area contributed by atoms with Gasteiger partial charge in [-0.05, 0) is 37.1 Å². The van der Waals surface area contributed by atoms with Gasteiger partial charge in [-0.15, -0.1) is 5.10 Å². The summed E-state index contributed by atoms with van der Waals surface area (Å²) in [6.07, 6.45) is 6.32. The first-order valence-electron chi connectivity index (χ1n) is 8.35. The summed E-state index contributed by atoms with van der Waals surface area (Å²) in [5.41, 5.74) is 1.37. The molecule has 10 nitrogen and oxygen atoms in total. The summed E-state index contributed by atoms with van der Waals surface area (Å²) in [6, 6.07) is 7.31. The van der Waals surface area contributed by atoms with E-state index in [1.165, 1.54) is 6.33 Å². The molecule has 3 aromatic rings. The number of H-pyrrole nitrogens is 1. The van der Waals surface area contributed by atoms with Gasteiger partial charge in [-0.25, -0.2) is 19.4 Å². The second-order valence-corrected chi connectivity index (χ2v) is 6.11. The predicted octanol–water partition coefficient (Wildman–Crippen LogP) is 1.02. The highest BCUT2D eigenvalue weighted by Crippen LogP contribution is 2.21. The average Bonchev–Trinajstić information content (AvgIpc) is 3.34. The summed E-state index contributed by atoms with van der Waals surface area (Å²) in [6.45, 7) is 1.18. The minimum atomic E-state index is -0.208. The van der Waals surface area contributed by atoms with Gasteiger partial charge >= 0.3 is 11.7 Å². The molecular weight excluding hydrogens is 336 g/mol. The zero-order valence-electron chi connectivity index (χ0n) is 13.9. The lowest BCUT2D eigenvalue weighted by atomic mass is 10.1. The number of aromatic amines is 1. The summed E-state index contributed by atoms with van der Waals surface area (Å²) in [4.78, 5) is 25.8. The Kier molecular flexibility index (Phi) is 4.22. The summed E-state index contributed by atoms with van der Waals surface area (Å²) in [5.74, 6) is 0. The fourth-order valence-electron chi connectivity index (χ4n) is 3.11. The minimum absolute atomic E-state index is 0.0762. The Morgan fingerprint density at radius 2 is 1.96 bits per heavy atom. The predicted molar refractivity (Wildman–Crippen MR) is 93.1 cm³/mol. The maximum absolute atomic E-state index is 12.4. The molecule has 0 unspecified atom stereocenters. The standard InChI is InChI=1S/C16H18N8O2/c25-15(19-12-1-3-14(4-2-12)24-10-7-17-21-24)22-8-5-13(6-9-22)23-11-18-20-16(23)26/h1-4,7,10-11,13H,5-6,8-9H2,(H,19,25)(H,20,26).